The van der Waals surface area contributed by atoms with Crippen LogP contribution in [0.15, 0.2) is 69.1 Å². The molecule has 0 aliphatic rings. The largest absolute Gasteiger partial charge is 0.415 e. The minimum atomic E-state index is -3.55. The van der Waals surface area contributed by atoms with Crippen molar-refractivity contribution < 1.29 is 12.8 Å². The minimum absolute atomic E-state index is 0.0699. The Bertz CT molecular complexity index is 910. The van der Waals surface area contributed by atoms with Crippen LogP contribution in [-0.2, 0) is 21.3 Å². The van der Waals surface area contributed by atoms with E-state index in [-0.39, 0.29) is 16.5 Å². The third-order valence-corrected chi connectivity index (χ3v) is 5.90. The summed E-state index contributed by atoms with van der Waals surface area (Å²) in [6, 6.07) is 15.8. The molecule has 0 aliphatic carbocycles. The SMILES string of the molecule is O=S(=O)(Cc1nnc(SCc2ccccc2)o1)c1ccc(Cl)cc1. The number of nitrogens with zero attached hydrogens (tertiary/aromatic N) is 2. The summed E-state index contributed by atoms with van der Waals surface area (Å²) in [4.78, 5) is 0.170. The van der Waals surface area contributed by atoms with Gasteiger partial charge in [0.15, 0.2) is 9.84 Å². The Hall–Kier alpha value is -1.83. The third-order valence-electron chi connectivity index (χ3n) is 3.14. The van der Waals surface area contributed by atoms with Crippen molar-refractivity contribution in [1.82, 2.24) is 10.2 Å². The fourth-order valence-electron chi connectivity index (χ4n) is 1.96. The van der Waals surface area contributed by atoms with E-state index in [4.69, 9.17) is 16.0 Å². The van der Waals surface area contributed by atoms with E-state index in [1.54, 1.807) is 0 Å². The zero-order valence-electron chi connectivity index (χ0n) is 12.4. The molecule has 24 heavy (non-hydrogen) atoms. The average molecular weight is 381 g/mol. The van der Waals surface area contributed by atoms with E-state index >= 15 is 0 Å². The van der Waals surface area contributed by atoms with Crippen molar-refractivity contribution in [2.24, 2.45) is 0 Å². The van der Waals surface area contributed by atoms with E-state index in [0.717, 1.165) is 5.56 Å². The molecule has 5 nitrogen and oxygen atoms in total. The second-order valence-electron chi connectivity index (χ2n) is 4.95. The molecule has 0 saturated carbocycles. The van der Waals surface area contributed by atoms with Crippen molar-refractivity contribution in [3.05, 3.63) is 71.1 Å². The molecule has 1 heterocycles. The monoisotopic (exact) mass is 380 g/mol. The molecule has 3 rings (SSSR count). The minimum Gasteiger partial charge on any atom is -0.415 e. The highest BCUT2D eigenvalue weighted by molar-refractivity contribution is 7.98. The van der Waals surface area contributed by atoms with Gasteiger partial charge in [0.05, 0.1) is 4.90 Å². The zero-order valence-corrected chi connectivity index (χ0v) is 14.8. The Kier molecular flexibility index (Phi) is 5.23. The van der Waals surface area contributed by atoms with Gasteiger partial charge >= 0.3 is 0 Å². The quantitative estimate of drug-likeness (QED) is 0.602. The molecular weight excluding hydrogens is 368 g/mol. The predicted molar refractivity (Wildman–Crippen MR) is 92.6 cm³/mol. The first-order valence-corrected chi connectivity index (χ1v) is 10.0. The van der Waals surface area contributed by atoms with Crippen LogP contribution < -0.4 is 0 Å². The van der Waals surface area contributed by atoms with Crippen molar-refractivity contribution in [3.8, 4) is 0 Å². The van der Waals surface area contributed by atoms with Crippen LogP contribution in [-0.4, -0.2) is 18.6 Å². The molecule has 0 unspecified atom stereocenters. The van der Waals surface area contributed by atoms with Crippen LogP contribution in [0.1, 0.15) is 11.5 Å². The molecule has 3 aromatic rings. The standard InChI is InChI=1S/C16H13ClN2O3S2/c17-13-6-8-14(9-7-13)24(20,21)11-15-18-19-16(22-15)23-10-12-4-2-1-3-5-12/h1-9H,10-11H2. The summed E-state index contributed by atoms with van der Waals surface area (Å²) in [5, 5.41) is 8.52. The number of rotatable bonds is 6. The number of benzene rings is 2. The lowest BCUT2D eigenvalue weighted by Gasteiger charge is -2.01. The van der Waals surface area contributed by atoms with Crippen LogP contribution in [0, 0.1) is 0 Å². The first kappa shape index (κ1) is 17.0. The highest BCUT2D eigenvalue weighted by Crippen LogP contribution is 2.23. The number of halogens is 1. The topological polar surface area (TPSA) is 73.1 Å². The number of hydrogen-bond acceptors (Lipinski definition) is 6. The number of sulfone groups is 1. The molecule has 0 spiro atoms. The Labute approximate surface area is 149 Å². The maximum absolute atomic E-state index is 12.3. The van der Waals surface area contributed by atoms with Gasteiger partial charge < -0.3 is 4.42 Å². The molecule has 0 N–H and O–H groups in total. The normalized spacial score (nSPS) is 11.5. The lowest BCUT2D eigenvalue weighted by Crippen LogP contribution is -2.05. The van der Waals surface area contributed by atoms with Gasteiger partial charge in [0.1, 0.15) is 5.75 Å². The Balaban J connectivity index is 1.66. The predicted octanol–water partition coefficient (Wildman–Crippen LogP) is 3.99. The van der Waals surface area contributed by atoms with Crippen LogP contribution in [0.25, 0.3) is 0 Å². The summed E-state index contributed by atoms with van der Waals surface area (Å²) in [7, 11) is -3.55. The maximum atomic E-state index is 12.3. The smallest absolute Gasteiger partial charge is 0.276 e. The summed E-state index contributed by atoms with van der Waals surface area (Å²) >= 11 is 7.14. The molecule has 0 saturated heterocycles. The first-order chi connectivity index (χ1) is 11.5. The second kappa shape index (κ2) is 7.38. The average Bonchev–Trinajstić information content (AvgIpc) is 3.01. The van der Waals surface area contributed by atoms with Gasteiger partial charge in [-0.15, -0.1) is 10.2 Å². The van der Waals surface area contributed by atoms with E-state index in [9.17, 15) is 8.42 Å². The van der Waals surface area contributed by atoms with Crippen LogP contribution >= 0.6 is 23.4 Å². The van der Waals surface area contributed by atoms with Crippen molar-refractivity contribution >= 4 is 33.2 Å². The van der Waals surface area contributed by atoms with Gasteiger partial charge in [-0.25, -0.2) is 8.42 Å². The van der Waals surface area contributed by atoms with Gasteiger partial charge in [0.2, 0.25) is 5.89 Å². The number of hydrogen-bond donors (Lipinski definition) is 0. The van der Waals surface area contributed by atoms with Gasteiger partial charge in [-0.2, -0.15) is 0 Å². The van der Waals surface area contributed by atoms with E-state index < -0.39 is 9.84 Å². The molecule has 0 fully saturated rings. The van der Waals surface area contributed by atoms with Crippen LogP contribution in [0.2, 0.25) is 5.02 Å². The maximum Gasteiger partial charge on any atom is 0.276 e. The Morgan fingerprint density at radius 3 is 2.42 bits per heavy atom. The summed E-state index contributed by atoms with van der Waals surface area (Å²) < 4.78 is 30.1. The van der Waals surface area contributed by atoms with Crippen molar-refractivity contribution in [1.29, 1.82) is 0 Å². The van der Waals surface area contributed by atoms with Gasteiger partial charge in [-0.1, -0.05) is 53.7 Å². The first-order valence-electron chi connectivity index (χ1n) is 7.00. The summed E-state index contributed by atoms with van der Waals surface area (Å²) in [5.74, 6) is 0.403. The van der Waals surface area contributed by atoms with Gasteiger partial charge in [0.25, 0.3) is 5.22 Å². The molecule has 2 aromatic carbocycles. The summed E-state index contributed by atoms with van der Waals surface area (Å²) in [6.45, 7) is 0. The zero-order chi connectivity index (χ0) is 17.0. The molecule has 0 radical (unpaired) electrons. The summed E-state index contributed by atoms with van der Waals surface area (Å²) in [5.41, 5.74) is 1.12. The Morgan fingerprint density at radius 2 is 1.71 bits per heavy atom. The third kappa shape index (κ3) is 4.37. The molecule has 0 bridgehead atoms. The van der Waals surface area contributed by atoms with Gasteiger partial charge in [-0.05, 0) is 29.8 Å². The van der Waals surface area contributed by atoms with Gasteiger partial charge in [0, 0.05) is 10.8 Å². The van der Waals surface area contributed by atoms with E-state index in [1.165, 1.54) is 36.0 Å². The molecule has 0 aliphatic heterocycles. The van der Waals surface area contributed by atoms with Crippen molar-refractivity contribution in [3.63, 3.8) is 0 Å². The van der Waals surface area contributed by atoms with Crippen LogP contribution in [0.4, 0.5) is 0 Å². The molecule has 124 valence electrons. The number of thioether (sulfide) groups is 1. The van der Waals surface area contributed by atoms with Crippen molar-refractivity contribution in [2.45, 2.75) is 21.6 Å². The van der Waals surface area contributed by atoms with Gasteiger partial charge in [-0.3, -0.25) is 0 Å². The van der Waals surface area contributed by atoms with E-state index in [0.29, 0.717) is 16.0 Å². The molecule has 1 aromatic heterocycles. The van der Waals surface area contributed by atoms with Crippen molar-refractivity contribution in [2.75, 3.05) is 0 Å². The van der Waals surface area contributed by atoms with E-state index in [1.807, 2.05) is 30.3 Å². The number of aromatic nitrogens is 2. The summed E-state index contributed by atoms with van der Waals surface area (Å²) in [6.07, 6.45) is 0. The molecule has 0 atom stereocenters. The highest BCUT2D eigenvalue weighted by Gasteiger charge is 2.19. The fourth-order valence-corrected chi connectivity index (χ4v) is 3.98. The van der Waals surface area contributed by atoms with Crippen LogP contribution in [0.5, 0.6) is 0 Å². The molecule has 8 heteroatoms. The molecule has 0 amide bonds. The second-order valence-corrected chi connectivity index (χ2v) is 8.30. The fraction of sp³-hybridized carbons (Fsp3) is 0.125. The van der Waals surface area contributed by atoms with E-state index in [2.05, 4.69) is 10.2 Å². The Morgan fingerprint density at radius 1 is 1.00 bits per heavy atom. The van der Waals surface area contributed by atoms with Crippen LogP contribution in [0.3, 0.4) is 0 Å². The lowest BCUT2D eigenvalue weighted by molar-refractivity contribution is 0.423. The highest BCUT2D eigenvalue weighted by atomic mass is 35.5. The molecular formula is C16H13ClN2O3S2. The lowest BCUT2D eigenvalue weighted by atomic mass is 10.2.